The van der Waals surface area contributed by atoms with Gasteiger partial charge < -0.3 is 14.9 Å². The van der Waals surface area contributed by atoms with Gasteiger partial charge in [0.05, 0.1) is 12.7 Å². The van der Waals surface area contributed by atoms with E-state index in [1.165, 1.54) is 25.3 Å². The first-order chi connectivity index (χ1) is 12.6. The highest BCUT2D eigenvalue weighted by molar-refractivity contribution is 5.74. The molecule has 0 saturated carbocycles. The molecule has 0 spiro atoms. The van der Waals surface area contributed by atoms with Crippen molar-refractivity contribution >= 4 is 12.2 Å². The van der Waals surface area contributed by atoms with E-state index in [1.54, 1.807) is 24.3 Å². The molecule has 0 saturated heterocycles. The number of benzene rings is 2. The molecule has 0 bridgehead atoms. The molecule has 0 fully saturated rings. The first-order valence-electron chi connectivity index (χ1n) is 8.23. The Morgan fingerprint density at radius 3 is 2.37 bits per heavy atom. The van der Waals surface area contributed by atoms with E-state index in [0.717, 1.165) is 11.6 Å². The number of rotatable bonds is 5. The Labute approximate surface area is 156 Å². The van der Waals surface area contributed by atoms with E-state index in [9.17, 15) is 23.4 Å². The molecule has 0 aliphatic heterocycles. The minimum Gasteiger partial charge on any atom is -0.508 e. The maximum absolute atomic E-state index is 13.4. The van der Waals surface area contributed by atoms with E-state index in [2.05, 4.69) is 0 Å². The van der Waals surface area contributed by atoms with Crippen LogP contribution in [0.5, 0.6) is 17.2 Å². The van der Waals surface area contributed by atoms with Crippen LogP contribution >= 0.6 is 0 Å². The van der Waals surface area contributed by atoms with Gasteiger partial charge in [0.25, 0.3) is 0 Å². The first kappa shape index (κ1) is 20.4. The summed E-state index contributed by atoms with van der Waals surface area (Å²) in [7, 11) is 1.41. The van der Waals surface area contributed by atoms with Crippen LogP contribution in [0.15, 0.2) is 42.0 Å². The summed E-state index contributed by atoms with van der Waals surface area (Å²) in [6.07, 6.45) is 0.338. The zero-order valence-electron chi connectivity index (χ0n) is 15.3. The molecule has 0 radical (unpaired) electrons. The largest absolute Gasteiger partial charge is 0.508 e. The molecule has 2 aromatic rings. The minimum atomic E-state index is -4.58. The molecule has 3 nitrogen and oxygen atoms in total. The van der Waals surface area contributed by atoms with Crippen molar-refractivity contribution in [1.29, 1.82) is 0 Å². The maximum atomic E-state index is 13.4. The van der Waals surface area contributed by atoms with Gasteiger partial charge in [0, 0.05) is 0 Å². The van der Waals surface area contributed by atoms with Gasteiger partial charge in [0.15, 0.2) is 11.5 Å². The number of phenols is 2. The van der Waals surface area contributed by atoms with Crippen LogP contribution in [0.3, 0.4) is 0 Å². The molecule has 0 aliphatic rings. The number of allylic oxidation sites excluding steroid dienone is 2. The molecule has 27 heavy (non-hydrogen) atoms. The Kier molecular flexibility index (Phi) is 6.20. The van der Waals surface area contributed by atoms with Crippen LogP contribution in [-0.4, -0.2) is 17.3 Å². The summed E-state index contributed by atoms with van der Waals surface area (Å²) in [6.45, 7) is 3.62. The molecule has 0 aliphatic carbocycles. The van der Waals surface area contributed by atoms with Crippen LogP contribution in [0.4, 0.5) is 13.2 Å². The standard InChI is InChI=1S/C21H21F3O3/c1-13(2)4-8-17-15(11-16(25)12-18(17)21(22,23)24)7-5-14-6-9-19(26)20(10-14)27-3/h4-7,9-12,25-26H,8H2,1-3H3. The van der Waals surface area contributed by atoms with Crippen LogP contribution in [0, 0.1) is 0 Å². The van der Waals surface area contributed by atoms with Crippen LogP contribution in [0.2, 0.25) is 0 Å². The van der Waals surface area contributed by atoms with Gasteiger partial charge in [-0.15, -0.1) is 0 Å². The molecule has 0 amide bonds. The lowest BCUT2D eigenvalue weighted by atomic mass is 9.95. The van der Waals surface area contributed by atoms with Gasteiger partial charge in [-0.2, -0.15) is 13.2 Å². The van der Waals surface area contributed by atoms with E-state index >= 15 is 0 Å². The third-order valence-corrected chi connectivity index (χ3v) is 3.95. The van der Waals surface area contributed by atoms with Crippen molar-refractivity contribution in [2.75, 3.05) is 7.11 Å². The third kappa shape index (κ3) is 5.29. The van der Waals surface area contributed by atoms with Gasteiger partial charge in [-0.1, -0.05) is 29.9 Å². The van der Waals surface area contributed by atoms with E-state index in [1.807, 2.05) is 13.8 Å². The molecule has 0 aromatic heterocycles. The van der Waals surface area contributed by atoms with Gasteiger partial charge >= 0.3 is 6.18 Å². The molecular weight excluding hydrogens is 357 g/mol. The van der Waals surface area contributed by atoms with Crippen LogP contribution in [0.25, 0.3) is 12.2 Å². The summed E-state index contributed by atoms with van der Waals surface area (Å²) in [6, 6.07) is 6.66. The summed E-state index contributed by atoms with van der Waals surface area (Å²) < 4.78 is 45.3. The Hall–Kier alpha value is -2.89. The molecular formula is C21H21F3O3. The summed E-state index contributed by atoms with van der Waals surface area (Å²) in [4.78, 5) is 0. The van der Waals surface area contributed by atoms with Crippen molar-refractivity contribution in [1.82, 2.24) is 0 Å². The van der Waals surface area contributed by atoms with E-state index < -0.39 is 17.5 Å². The second-order valence-electron chi connectivity index (χ2n) is 6.31. The normalized spacial score (nSPS) is 11.6. The SMILES string of the molecule is COc1cc(C=Cc2cc(O)cc(C(F)(F)F)c2CC=C(C)C)ccc1O. The summed E-state index contributed by atoms with van der Waals surface area (Å²) >= 11 is 0. The second kappa shape index (κ2) is 8.20. The molecule has 0 atom stereocenters. The van der Waals surface area contributed by atoms with Crippen molar-refractivity contribution in [3.05, 3.63) is 64.2 Å². The average molecular weight is 378 g/mol. The van der Waals surface area contributed by atoms with Gasteiger partial charge in [0.1, 0.15) is 5.75 Å². The van der Waals surface area contributed by atoms with Gasteiger partial charge in [-0.3, -0.25) is 0 Å². The van der Waals surface area contributed by atoms with Crippen LogP contribution < -0.4 is 4.74 Å². The number of ether oxygens (including phenoxy) is 1. The quantitative estimate of drug-likeness (QED) is 0.510. The lowest BCUT2D eigenvalue weighted by Gasteiger charge is -2.15. The van der Waals surface area contributed by atoms with Gasteiger partial charge in [-0.25, -0.2) is 0 Å². The predicted molar refractivity (Wildman–Crippen MR) is 99.8 cm³/mol. The number of halogens is 3. The monoisotopic (exact) mass is 378 g/mol. The zero-order valence-corrected chi connectivity index (χ0v) is 15.3. The number of aromatic hydroxyl groups is 2. The minimum absolute atomic E-state index is 0.0318. The first-order valence-corrected chi connectivity index (χ1v) is 8.23. The van der Waals surface area contributed by atoms with Gasteiger partial charge in [0.2, 0.25) is 0 Å². The van der Waals surface area contributed by atoms with Crippen molar-refractivity contribution in [2.45, 2.75) is 26.4 Å². The fourth-order valence-electron chi connectivity index (χ4n) is 2.60. The number of methoxy groups -OCH3 is 1. The van der Waals surface area contributed by atoms with Crippen molar-refractivity contribution in [2.24, 2.45) is 0 Å². The fraction of sp³-hybridized carbons (Fsp3) is 0.238. The molecule has 6 heteroatoms. The lowest BCUT2D eigenvalue weighted by Crippen LogP contribution is -2.10. The Morgan fingerprint density at radius 1 is 1.07 bits per heavy atom. The van der Waals surface area contributed by atoms with Crippen LogP contribution in [-0.2, 0) is 12.6 Å². The highest BCUT2D eigenvalue weighted by Gasteiger charge is 2.34. The van der Waals surface area contributed by atoms with Crippen molar-refractivity contribution in [3.63, 3.8) is 0 Å². The summed E-state index contributed by atoms with van der Waals surface area (Å²) in [5.74, 6) is -0.226. The Morgan fingerprint density at radius 2 is 1.78 bits per heavy atom. The number of phenolic OH excluding ortho intramolecular Hbond substituents is 2. The third-order valence-electron chi connectivity index (χ3n) is 3.95. The van der Waals surface area contributed by atoms with Gasteiger partial charge in [-0.05, 0) is 61.2 Å². The highest BCUT2D eigenvalue weighted by atomic mass is 19.4. The van der Waals surface area contributed by atoms with E-state index in [-0.39, 0.29) is 29.0 Å². The number of hydrogen-bond donors (Lipinski definition) is 2. The zero-order chi connectivity index (χ0) is 20.2. The molecule has 2 N–H and O–H groups in total. The highest BCUT2D eigenvalue weighted by Crippen LogP contribution is 2.37. The fourth-order valence-corrected chi connectivity index (χ4v) is 2.60. The van der Waals surface area contributed by atoms with Crippen LogP contribution in [0.1, 0.15) is 36.1 Å². The molecule has 2 rings (SSSR count). The average Bonchev–Trinajstić information content (AvgIpc) is 2.58. The van der Waals surface area contributed by atoms with E-state index in [4.69, 9.17) is 4.74 Å². The number of alkyl halides is 3. The van der Waals surface area contributed by atoms with Crippen molar-refractivity contribution < 1.29 is 28.1 Å². The topological polar surface area (TPSA) is 49.7 Å². The molecule has 0 unspecified atom stereocenters. The summed E-state index contributed by atoms with van der Waals surface area (Å²) in [5.41, 5.74) is 1.03. The Bertz CT molecular complexity index is 877. The van der Waals surface area contributed by atoms with E-state index in [0.29, 0.717) is 5.56 Å². The number of hydrogen-bond acceptors (Lipinski definition) is 3. The smallest absolute Gasteiger partial charge is 0.416 e. The summed E-state index contributed by atoms with van der Waals surface area (Å²) in [5, 5.41) is 19.4. The maximum Gasteiger partial charge on any atom is 0.416 e. The molecule has 144 valence electrons. The molecule has 2 aromatic carbocycles. The molecule has 0 heterocycles. The Balaban J connectivity index is 2.54. The second-order valence-corrected chi connectivity index (χ2v) is 6.31. The van der Waals surface area contributed by atoms with Crippen molar-refractivity contribution in [3.8, 4) is 17.2 Å². The lowest BCUT2D eigenvalue weighted by molar-refractivity contribution is -0.138. The predicted octanol–water partition coefficient (Wildman–Crippen LogP) is 5.80.